The average Bonchev–Trinajstić information content (AvgIpc) is 2.90. The molecule has 2 aromatic carbocycles. The van der Waals surface area contributed by atoms with Crippen LogP contribution in [0.1, 0.15) is 50.8 Å². The Labute approximate surface area is 243 Å². The first-order valence-electron chi connectivity index (χ1n) is 12.3. The van der Waals surface area contributed by atoms with E-state index in [9.17, 15) is 41.1 Å². The fraction of sp³-hybridized carbons (Fsp3) is 0.429. The maximum Gasteiger partial charge on any atom is 0.450 e. The van der Waals surface area contributed by atoms with Gasteiger partial charge in [-0.2, -0.15) is 22.0 Å². The Kier molecular flexibility index (Phi) is 11.4. The average molecular weight is 624 g/mol. The van der Waals surface area contributed by atoms with Crippen molar-refractivity contribution in [3.63, 3.8) is 0 Å². The molecule has 0 saturated heterocycles. The smallest absolute Gasteiger partial charge is 0.450 e. The van der Waals surface area contributed by atoms with E-state index in [1.165, 1.54) is 64.3 Å². The van der Waals surface area contributed by atoms with Gasteiger partial charge in [0.25, 0.3) is 0 Å². The van der Waals surface area contributed by atoms with Crippen LogP contribution in [0.15, 0.2) is 42.5 Å². The highest BCUT2D eigenvalue weighted by molar-refractivity contribution is 6.42. The van der Waals surface area contributed by atoms with E-state index >= 15 is 0 Å². The predicted molar refractivity (Wildman–Crippen MR) is 142 cm³/mol. The number of carbonyl (C=O) groups excluding carboxylic acids is 4. The van der Waals surface area contributed by atoms with Gasteiger partial charge in [0.2, 0.25) is 17.5 Å². The summed E-state index contributed by atoms with van der Waals surface area (Å²) in [7, 11) is 1.38. The molecule has 0 aliphatic rings. The van der Waals surface area contributed by atoms with Gasteiger partial charge in [-0.15, -0.1) is 0 Å². The first-order chi connectivity index (χ1) is 18.9. The molecule has 13 heteroatoms. The maximum atomic E-state index is 14.9. The topological polar surface area (TPSA) is 89.5 Å². The molecule has 2 aromatic rings. The summed E-state index contributed by atoms with van der Waals surface area (Å²) < 4.78 is 74.4. The molecule has 2 rings (SSSR count). The summed E-state index contributed by atoms with van der Waals surface area (Å²) in [5.74, 6) is -13.3. The van der Waals surface area contributed by atoms with E-state index in [4.69, 9.17) is 27.9 Å². The number of hydrogen-bond acceptors (Lipinski definition) is 5. The number of benzene rings is 2. The number of rotatable bonds is 13. The van der Waals surface area contributed by atoms with Crippen LogP contribution in [0.3, 0.4) is 0 Å². The van der Waals surface area contributed by atoms with Crippen molar-refractivity contribution in [2.75, 3.05) is 7.11 Å². The summed E-state index contributed by atoms with van der Waals surface area (Å²) in [5.41, 5.74) is -0.703. The lowest BCUT2D eigenvalue weighted by molar-refractivity contribution is -0.177. The third-order valence-corrected chi connectivity index (χ3v) is 7.30. The Morgan fingerprint density at radius 2 is 1.49 bits per heavy atom. The molecule has 3 atom stereocenters. The van der Waals surface area contributed by atoms with Crippen LogP contribution in [0, 0.1) is 17.8 Å². The molecule has 0 aliphatic heterocycles. The first kappa shape index (κ1) is 34.2. The van der Waals surface area contributed by atoms with E-state index in [-0.39, 0.29) is 10.6 Å². The van der Waals surface area contributed by atoms with E-state index in [0.717, 1.165) is 6.07 Å². The summed E-state index contributed by atoms with van der Waals surface area (Å²) in [6, 6.07) is 7.44. The van der Waals surface area contributed by atoms with Crippen molar-refractivity contribution < 1.29 is 45.9 Å². The Hall–Kier alpha value is -3.05. The van der Waals surface area contributed by atoms with E-state index in [0.29, 0.717) is 5.75 Å². The number of hydrogen-bond donors (Lipinski definition) is 1. The third-order valence-electron chi connectivity index (χ3n) is 6.48. The molecule has 6 nitrogen and oxygen atoms in total. The zero-order valence-corrected chi connectivity index (χ0v) is 24.0. The van der Waals surface area contributed by atoms with Crippen LogP contribution >= 0.6 is 23.2 Å². The molecule has 0 saturated carbocycles. The Morgan fingerprint density at radius 3 is 2.00 bits per heavy atom. The summed E-state index contributed by atoms with van der Waals surface area (Å²) in [5, 5.41) is 1.62. The predicted octanol–water partition coefficient (Wildman–Crippen LogP) is 6.91. The summed E-state index contributed by atoms with van der Waals surface area (Å²) in [4.78, 5) is 50.8. The second kappa shape index (κ2) is 13.7. The molecule has 224 valence electrons. The largest absolute Gasteiger partial charge is 0.497 e. The van der Waals surface area contributed by atoms with Crippen molar-refractivity contribution in [1.29, 1.82) is 0 Å². The normalized spacial score (nSPS) is 14.2. The molecule has 0 unspecified atom stereocenters. The van der Waals surface area contributed by atoms with E-state index in [1.807, 2.05) is 0 Å². The zero-order valence-electron chi connectivity index (χ0n) is 22.5. The zero-order chi connectivity index (χ0) is 31.3. The van der Waals surface area contributed by atoms with Gasteiger partial charge in [-0.25, -0.2) is 0 Å². The number of methoxy groups -OCH3 is 1. The highest BCUT2D eigenvalue weighted by atomic mass is 35.5. The van der Waals surface area contributed by atoms with Crippen molar-refractivity contribution in [1.82, 2.24) is 5.32 Å². The number of nitrogens with one attached hydrogen (secondary N) is 1. The molecular formula is C28H28Cl2F5NO5. The second-order valence-corrected chi connectivity index (χ2v) is 10.6. The monoisotopic (exact) mass is 623 g/mol. The number of amides is 1. The lowest BCUT2D eigenvalue weighted by Gasteiger charge is -2.25. The van der Waals surface area contributed by atoms with Gasteiger partial charge in [-0.1, -0.05) is 68.2 Å². The number of halogens is 7. The first-order valence-corrected chi connectivity index (χ1v) is 13.1. The highest BCUT2D eigenvalue weighted by Crippen LogP contribution is 2.39. The van der Waals surface area contributed by atoms with Gasteiger partial charge in [0.1, 0.15) is 11.8 Å². The molecule has 0 radical (unpaired) electrons. The van der Waals surface area contributed by atoms with Gasteiger partial charge in [-0.3, -0.25) is 19.2 Å². The number of alkyl halides is 5. The lowest BCUT2D eigenvalue weighted by Crippen LogP contribution is -2.41. The molecule has 1 amide bonds. The van der Waals surface area contributed by atoms with Gasteiger partial charge in [0, 0.05) is 30.2 Å². The molecule has 0 aromatic heterocycles. The molecule has 0 aliphatic carbocycles. The second-order valence-electron chi connectivity index (χ2n) is 9.80. The Morgan fingerprint density at radius 1 is 0.902 bits per heavy atom. The minimum atomic E-state index is -5.18. The summed E-state index contributed by atoms with van der Waals surface area (Å²) in [6.07, 6.45) is -7.00. The molecular weight excluding hydrogens is 596 g/mol. The highest BCUT2D eigenvalue weighted by Gasteiger charge is 2.46. The maximum absolute atomic E-state index is 14.9. The van der Waals surface area contributed by atoms with Crippen molar-refractivity contribution in [2.45, 2.75) is 51.8 Å². The lowest BCUT2D eigenvalue weighted by atomic mass is 9.84. The van der Waals surface area contributed by atoms with E-state index < -0.39 is 82.6 Å². The van der Waals surface area contributed by atoms with E-state index in [1.54, 1.807) is 0 Å². The number of Topliss-reactive ketones (excluding diaryl/α,β-unsaturated/α-hetero) is 3. The van der Waals surface area contributed by atoms with Crippen LogP contribution in [0.25, 0.3) is 0 Å². The molecule has 0 bridgehead atoms. The molecule has 1 N–H and O–H groups in total. The van der Waals surface area contributed by atoms with Crippen molar-refractivity contribution in [3.05, 3.63) is 63.6 Å². The number of ketones is 3. The summed E-state index contributed by atoms with van der Waals surface area (Å²) >= 11 is 11.6. The van der Waals surface area contributed by atoms with Gasteiger partial charge in [-0.05, 0) is 29.7 Å². The third kappa shape index (κ3) is 8.48. The van der Waals surface area contributed by atoms with Gasteiger partial charge in [0.05, 0.1) is 17.2 Å². The van der Waals surface area contributed by atoms with Gasteiger partial charge >= 0.3 is 12.1 Å². The van der Waals surface area contributed by atoms with Crippen molar-refractivity contribution in [3.8, 4) is 5.75 Å². The summed E-state index contributed by atoms with van der Waals surface area (Å²) in [6.45, 7) is 3.87. The molecule has 41 heavy (non-hydrogen) atoms. The van der Waals surface area contributed by atoms with E-state index in [2.05, 4.69) is 5.32 Å². The van der Waals surface area contributed by atoms with Crippen LogP contribution in [0.5, 0.6) is 5.75 Å². The SMILES string of the molecule is COc1ccc([C@H](NC(=O)[C@H](C)CC(=O)C(F)(F)c2cccc(Cl)c2Cl)C(=O)C[C@H](C(=O)C(F)(F)F)C(C)C)cc1. The molecule has 0 spiro atoms. The van der Waals surface area contributed by atoms with Crippen molar-refractivity contribution in [2.24, 2.45) is 17.8 Å². The minimum Gasteiger partial charge on any atom is -0.497 e. The van der Waals surface area contributed by atoms with Gasteiger partial charge in [0.15, 0.2) is 5.78 Å². The Balaban J connectivity index is 2.31. The van der Waals surface area contributed by atoms with Crippen LogP contribution < -0.4 is 10.1 Å². The fourth-order valence-electron chi connectivity index (χ4n) is 4.00. The Bertz CT molecular complexity index is 1280. The standard InChI is InChI=1S/C28H28Cl2F5NO5/c1-14(2)18(25(39)28(33,34)35)13-21(37)24(16-8-10-17(41-4)11-9-16)36-26(40)15(3)12-22(38)27(31,32)19-6-5-7-20(29)23(19)30/h5-11,14-15,18,24H,12-13H2,1-4H3,(H,36,40)/t15-,18+,24+/m1/s1. The number of carbonyl (C=O) groups is 4. The van der Waals surface area contributed by atoms with Crippen LogP contribution in [0.2, 0.25) is 10.0 Å². The molecule has 0 heterocycles. The number of ether oxygens (including phenoxy) is 1. The quantitative estimate of drug-likeness (QED) is 0.245. The van der Waals surface area contributed by atoms with Crippen LogP contribution in [0.4, 0.5) is 22.0 Å². The van der Waals surface area contributed by atoms with Gasteiger partial charge < -0.3 is 10.1 Å². The van der Waals surface area contributed by atoms with Crippen molar-refractivity contribution >= 4 is 46.5 Å². The minimum absolute atomic E-state index is 0.140. The van der Waals surface area contributed by atoms with Crippen LogP contribution in [-0.2, 0) is 25.1 Å². The molecule has 0 fully saturated rings. The van der Waals surface area contributed by atoms with Crippen LogP contribution in [-0.4, -0.2) is 36.5 Å². The fourth-order valence-corrected chi connectivity index (χ4v) is 4.42.